The number of hydrogen-bond donors (Lipinski definition) is 0. The van der Waals surface area contributed by atoms with E-state index >= 15 is 0 Å². The van der Waals surface area contributed by atoms with Crippen LogP contribution in [0.4, 0.5) is 0 Å². The van der Waals surface area contributed by atoms with E-state index in [2.05, 4.69) is 20.8 Å². The summed E-state index contributed by atoms with van der Waals surface area (Å²) >= 11 is 0. The summed E-state index contributed by atoms with van der Waals surface area (Å²) in [7, 11) is 0. The second-order valence-electron chi connectivity index (χ2n) is 6.04. The molecule has 4 nitrogen and oxygen atoms in total. The van der Waals surface area contributed by atoms with Crippen LogP contribution in [0.3, 0.4) is 0 Å². The molecule has 1 aliphatic carbocycles. The highest BCUT2D eigenvalue weighted by Crippen LogP contribution is 2.28. The van der Waals surface area contributed by atoms with Gasteiger partial charge in [0.05, 0.1) is 26.4 Å². The molecule has 154 valence electrons. The Bertz CT molecular complexity index is 204. The van der Waals surface area contributed by atoms with E-state index in [9.17, 15) is 0 Å². The van der Waals surface area contributed by atoms with Crippen molar-refractivity contribution in [3.05, 3.63) is 0 Å². The van der Waals surface area contributed by atoms with Gasteiger partial charge in [0.15, 0.2) is 0 Å². The third kappa shape index (κ3) is 23.8. The first-order valence-corrected chi connectivity index (χ1v) is 10.7. The fourth-order valence-electron chi connectivity index (χ4n) is 2.11. The molecular formula is C21H46O4. The van der Waals surface area contributed by atoms with Crippen LogP contribution in [0.25, 0.3) is 0 Å². The second kappa shape index (κ2) is 26.1. The molecule has 0 atom stereocenters. The van der Waals surface area contributed by atoms with E-state index < -0.39 is 0 Å². The molecule has 25 heavy (non-hydrogen) atoms. The van der Waals surface area contributed by atoms with Crippen molar-refractivity contribution in [3.8, 4) is 0 Å². The summed E-state index contributed by atoms with van der Waals surface area (Å²) in [6.45, 7) is 16.7. The highest BCUT2D eigenvalue weighted by atomic mass is 16.5. The summed E-state index contributed by atoms with van der Waals surface area (Å²) in [6.07, 6.45) is 8.83. The van der Waals surface area contributed by atoms with Crippen LogP contribution in [0.5, 0.6) is 0 Å². The third-order valence-electron chi connectivity index (χ3n) is 3.68. The monoisotopic (exact) mass is 362 g/mol. The van der Waals surface area contributed by atoms with Crippen molar-refractivity contribution in [1.29, 1.82) is 0 Å². The van der Waals surface area contributed by atoms with Crippen molar-refractivity contribution in [2.45, 2.75) is 79.6 Å². The zero-order valence-electron chi connectivity index (χ0n) is 17.8. The molecule has 0 aliphatic heterocycles. The second-order valence-corrected chi connectivity index (χ2v) is 6.04. The maximum Gasteiger partial charge on any atom is 0.0701 e. The molecule has 0 N–H and O–H groups in total. The van der Waals surface area contributed by atoms with Gasteiger partial charge in [-0.3, -0.25) is 0 Å². The Labute approximate surface area is 157 Å². The molecule has 0 aromatic carbocycles. The summed E-state index contributed by atoms with van der Waals surface area (Å²) in [5.41, 5.74) is 0. The largest absolute Gasteiger partial charge is 0.381 e. The Balaban J connectivity index is 0. The lowest BCUT2D eigenvalue weighted by atomic mass is 9.83. The Morgan fingerprint density at radius 1 is 0.560 bits per heavy atom. The molecule has 1 fully saturated rings. The van der Waals surface area contributed by atoms with Gasteiger partial charge in [-0.25, -0.2) is 0 Å². The fraction of sp³-hybridized carbons (Fsp3) is 1.00. The van der Waals surface area contributed by atoms with Gasteiger partial charge in [-0.15, -0.1) is 0 Å². The Kier molecular flexibility index (Phi) is 28.2. The smallest absolute Gasteiger partial charge is 0.0701 e. The average Bonchev–Trinajstić information content (AvgIpc) is 2.61. The SMILES string of the molecule is CC.CCCOCCC.CCCOCCOCCOCCC1CCC1. The molecule has 0 aromatic heterocycles. The topological polar surface area (TPSA) is 36.9 Å². The Morgan fingerprint density at radius 3 is 1.28 bits per heavy atom. The molecule has 0 unspecified atom stereocenters. The van der Waals surface area contributed by atoms with Crippen molar-refractivity contribution < 1.29 is 18.9 Å². The lowest BCUT2D eigenvalue weighted by Crippen LogP contribution is -2.15. The van der Waals surface area contributed by atoms with Crippen molar-refractivity contribution >= 4 is 0 Å². The predicted molar refractivity (Wildman–Crippen MR) is 107 cm³/mol. The van der Waals surface area contributed by atoms with Crippen LogP contribution < -0.4 is 0 Å². The zero-order chi connectivity index (χ0) is 19.0. The average molecular weight is 363 g/mol. The molecule has 0 amide bonds. The molecule has 1 saturated carbocycles. The van der Waals surface area contributed by atoms with Gasteiger partial charge in [0.1, 0.15) is 0 Å². The van der Waals surface area contributed by atoms with Crippen molar-refractivity contribution in [2.24, 2.45) is 5.92 Å². The minimum atomic E-state index is 0.686. The van der Waals surface area contributed by atoms with Crippen LogP contribution in [0.15, 0.2) is 0 Å². The first-order chi connectivity index (χ1) is 12.3. The lowest BCUT2D eigenvalue weighted by Gasteiger charge is -2.24. The van der Waals surface area contributed by atoms with E-state index in [1.807, 2.05) is 13.8 Å². The fourth-order valence-corrected chi connectivity index (χ4v) is 2.11. The molecule has 0 spiro atoms. The molecule has 1 rings (SSSR count). The van der Waals surface area contributed by atoms with Gasteiger partial charge in [-0.2, -0.15) is 0 Å². The molecular weight excluding hydrogens is 316 g/mol. The standard InChI is InChI=1S/C13H26O3.C6H14O.C2H6/c1-2-7-14-9-11-16-12-10-15-8-6-13-4-3-5-13;1-3-5-7-6-4-2;1-2/h13H,2-12H2,1H3;3-6H2,1-2H3;1-2H3. The van der Waals surface area contributed by atoms with Gasteiger partial charge >= 0.3 is 0 Å². The van der Waals surface area contributed by atoms with Crippen LogP contribution in [-0.4, -0.2) is 52.9 Å². The van der Waals surface area contributed by atoms with Crippen LogP contribution in [0.1, 0.15) is 79.6 Å². The Morgan fingerprint density at radius 2 is 0.920 bits per heavy atom. The van der Waals surface area contributed by atoms with Gasteiger partial charge in [-0.1, -0.05) is 53.9 Å². The number of hydrogen-bond acceptors (Lipinski definition) is 4. The molecule has 0 aromatic rings. The van der Waals surface area contributed by atoms with E-state index in [0.717, 1.165) is 58.2 Å². The van der Waals surface area contributed by atoms with Gasteiger partial charge < -0.3 is 18.9 Å². The van der Waals surface area contributed by atoms with Crippen LogP contribution >= 0.6 is 0 Å². The molecule has 0 radical (unpaired) electrons. The predicted octanol–water partition coefficient (Wildman–Crippen LogP) is 5.49. The van der Waals surface area contributed by atoms with E-state index in [4.69, 9.17) is 18.9 Å². The van der Waals surface area contributed by atoms with Crippen LogP contribution in [0.2, 0.25) is 0 Å². The summed E-state index contributed by atoms with van der Waals surface area (Å²) in [5.74, 6) is 0.948. The normalized spacial score (nSPS) is 13.3. The quantitative estimate of drug-likeness (QED) is 0.361. The van der Waals surface area contributed by atoms with E-state index in [1.54, 1.807) is 0 Å². The summed E-state index contributed by atoms with van der Waals surface area (Å²) < 4.78 is 21.3. The Hall–Kier alpha value is -0.160. The summed E-state index contributed by atoms with van der Waals surface area (Å²) in [6, 6.07) is 0. The molecule has 0 bridgehead atoms. The highest BCUT2D eigenvalue weighted by Gasteiger charge is 2.16. The van der Waals surface area contributed by atoms with Gasteiger partial charge in [0.25, 0.3) is 0 Å². The highest BCUT2D eigenvalue weighted by molar-refractivity contribution is 4.68. The minimum absolute atomic E-state index is 0.686. The summed E-state index contributed by atoms with van der Waals surface area (Å²) in [5, 5.41) is 0. The van der Waals surface area contributed by atoms with E-state index in [0.29, 0.717) is 19.8 Å². The zero-order valence-corrected chi connectivity index (χ0v) is 17.8. The van der Waals surface area contributed by atoms with E-state index in [-0.39, 0.29) is 0 Å². The summed E-state index contributed by atoms with van der Waals surface area (Å²) in [4.78, 5) is 0. The van der Waals surface area contributed by atoms with Crippen LogP contribution in [-0.2, 0) is 18.9 Å². The minimum Gasteiger partial charge on any atom is -0.381 e. The first-order valence-electron chi connectivity index (χ1n) is 10.7. The molecule has 0 saturated heterocycles. The lowest BCUT2D eigenvalue weighted by molar-refractivity contribution is 0.0107. The number of rotatable bonds is 15. The number of ether oxygens (including phenoxy) is 4. The van der Waals surface area contributed by atoms with Gasteiger partial charge in [0, 0.05) is 26.4 Å². The third-order valence-corrected chi connectivity index (χ3v) is 3.68. The molecule has 1 aliphatic rings. The van der Waals surface area contributed by atoms with Crippen molar-refractivity contribution in [3.63, 3.8) is 0 Å². The maximum absolute atomic E-state index is 5.50. The maximum atomic E-state index is 5.50. The van der Waals surface area contributed by atoms with E-state index in [1.165, 1.54) is 25.7 Å². The first kappa shape index (κ1) is 27.1. The molecule has 4 heteroatoms. The van der Waals surface area contributed by atoms with Crippen molar-refractivity contribution in [2.75, 3.05) is 52.9 Å². The molecule has 0 heterocycles. The van der Waals surface area contributed by atoms with Gasteiger partial charge in [0.2, 0.25) is 0 Å². The van der Waals surface area contributed by atoms with Crippen molar-refractivity contribution in [1.82, 2.24) is 0 Å². The van der Waals surface area contributed by atoms with Gasteiger partial charge in [-0.05, 0) is 31.6 Å². The van der Waals surface area contributed by atoms with Crippen LogP contribution in [0, 0.1) is 5.92 Å².